The molecule has 0 spiro atoms. The summed E-state index contributed by atoms with van der Waals surface area (Å²) in [7, 11) is 6.08. The van der Waals surface area contributed by atoms with Gasteiger partial charge in [0.2, 0.25) is 12.8 Å². The molecule has 6 heteroatoms. The minimum absolute atomic E-state index is 0.0601. The summed E-state index contributed by atoms with van der Waals surface area (Å²) >= 11 is 0. The molecule has 2 amide bonds. The van der Waals surface area contributed by atoms with E-state index in [1.54, 1.807) is 5.56 Å². The normalized spacial score (nSPS) is 38.0. The Bertz CT molecular complexity index is 1390. The topological polar surface area (TPSA) is 106 Å². The number of amides is 2. The summed E-state index contributed by atoms with van der Waals surface area (Å²) in [6.07, 6.45) is 17.7. The van der Waals surface area contributed by atoms with Gasteiger partial charge in [0.25, 0.3) is 0 Å². The fourth-order valence-electron chi connectivity index (χ4n) is 12.7. The summed E-state index contributed by atoms with van der Waals surface area (Å²) < 4.78 is 0. The fourth-order valence-corrected chi connectivity index (χ4v) is 12.7. The first-order valence-electron chi connectivity index (χ1n) is 18.3. The van der Waals surface area contributed by atoms with Crippen molar-refractivity contribution in [3.05, 3.63) is 65.2 Å². The van der Waals surface area contributed by atoms with Crippen LogP contribution in [0, 0.1) is 51.2 Å². The highest BCUT2D eigenvalue weighted by molar-refractivity contribution is 6.32. The van der Waals surface area contributed by atoms with Gasteiger partial charge in [-0.1, -0.05) is 88.1 Å². The zero-order valence-electron chi connectivity index (χ0n) is 29.4. The van der Waals surface area contributed by atoms with E-state index < -0.39 is 0 Å². The SMILES string of the molecule is NC=O.NC=O.[B]c1cccc(Cc2cccc(CC34CCCC3C3CCC5C(CCC6C(C)(C)C(O)CCC56C)C3(C)CC4)c2)c1. The molecule has 254 valence electrons. The van der Waals surface area contributed by atoms with Gasteiger partial charge < -0.3 is 16.6 Å². The van der Waals surface area contributed by atoms with Crippen LogP contribution < -0.4 is 16.9 Å². The van der Waals surface area contributed by atoms with Crippen LogP contribution in [0.5, 0.6) is 0 Å². The van der Waals surface area contributed by atoms with Gasteiger partial charge in [-0.05, 0) is 145 Å². The fraction of sp³-hybridized carbons (Fsp3) is 0.659. The van der Waals surface area contributed by atoms with Crippen molar-refractivity contribution < 1.29 is 14.7 Å². The summed E-state index contributed by atoms with van der Waals surface area (Å²) in [6.45, 7) is 10.2. The van der Waals surface area contributed by atoms with Crippen LogP contribution in [0.1, 0.15) is 115 Å². The number of hydrogen-bond donors (Lipinski definition) is 3. The third-order valence-electron chi connectivity index (χ3n) is 14.6. The van der Waals surface area contributed by atoms with Gasteiger partial charge in [0.05, 0.1) is 6.10 Å². The molecule has 9 atom stereocenters. The van der Waals surface area contributed by atoms with Crippen LogP contribution in [0.25, 0.3) is 0 Å². The molecule has 0 saturated heterocycles. The Morgan fingerprint density at radius 3 is 1.98 bits per heavy atom. The van der Waals surface area contributed by atoms with E-state index in [9.17, 15) is 5.11 Å². The van der Waals surface area contributed by atoms with Crippen LogP contribution in [0.15, 0.2) is 48.5 Å². The van der Waals surface area contributed by atoms with Crippen molar-refractivity contribution in [1.82, 2.24) is 0 Å². The lowest BCUT2D eigenvalue weighted by molar-refractivity contribution is -0.205. The minimum Gasteiger partial charge on any atom is -0.393 e. The van der Waals surface area contributed by atoms with E-state index in [1.807, 2.05) is 6.07 Å². The molecular formula is C41H59BN2O3. The van der Waals surface area contributed by atoms with Crippen molar-refractivity contribution in [2.45, 2.75) is 117 Å². The van der Waals surface area contributed by atoms with Crippen LogP contribution in [0.2, 0.25) is 0 Å². The summed E-state index contributed by atoms with van der Waals surface area (Å²) in [5, 5.41) is 11.0. The maximum atomic E-state index is 11.0. The molecule has 5 fully saturated rings. The second-order valence-electron chi connectivity index (χ2n) is 17.0. The molecule has 2 radical (unpaired) electrons. The quantitative estimate of drug-likeness (QED) is 0.258. The van der Waals surface area contributed by atoms with Crippen LogP contribution in [-0.2, 0) is 22.4 Å². The highest BCUT2D eigenvalue weighted by Crippen LogP contribution is 2.72. The zero-order valence-corrected chi connectivity index (χ0v) is 29.4. The first-order chi connectivity index (χ1) is 22.4. The van der Waals surface area contributed by atoms with Crippen molar-refractivity contribution in [2.24, 2.45) is 62.7 Å². The average molecular weight is 639 g/mol. The molecule has 5 nitrogen and oxygen atoms in total. The molecule has 0 aliphatic heterocycles. The second-order valence-corrected chi connectivity index (χ2v) is 17.0. The van der Waals surface area contributed by atoms with Gasteiger partial charge in [-0.3, -0.25) is 9.59 Å². The van der Waals surface area contributed by atoms with Crippen molar-refractivity contribution in [3.8, 4) is 0 Å². The van der Waals surface area contributed by atoms with Crippen LogP contribution in [-0.4, -0.2) is 31.9 Å². The Kier molecular flexibility index (Phi) is 10.7. The highest BCUT2D eigenvalue weighted by Gasteiger charge is 2.65. The number of nitrogens with two attached hydrogens (primary N) is 2. The largest absolute Gasteiger partial charge is 0.393 e. The van der Waals surface area contributed by atoms with E-state index in [4.69, 9.17) is 17.4 Å². The summed E-state index contributed by atoms with van der Waals surface area (Å²) in [6, 6.07) is 17.9. The number of hydrogen-bond acceptors (Lipinski definition) is 3. The van der Waals surface area contributed by atoms with Gasteiger partial charge in [-0.25, -0.2) is 0 Å². The van der Waals surface area contributed by atoms with Crippen LogP contribution >= 0.6 is 0 Å². The second kappa shape index (κ2) is 14.1. The lowest BCUT2D eigenvalue weighted by atomic mass is 9.37. The van der Waals surface area contributed by atoms with Crippen molar-refractivity contribution in [3.63, 3.8) is 0 Å². The highest BCUT2D eigenvalue weighted by atomic mass is 16.3. The molecule has 5 aliphatic carbocycles. The molecule has 2 aromatic rings. The molecule has 2 aromatic carbocycles. The Hall–Kier alpha value is -2.60. The zero-order chi connectivity index (χ0) is 34.0. The van der Waals surface area contributed by atoms with Crippen molar-refractivity contribution >= 4 is 26.1 Å². The van der Waals surface area contributed by atoms with Gasteiger partial charge in [0, 0.05) is 0 Å². The number of fused-ring (bicyclic) bond motifs is 7. The van der Waals surface area contributed by atoms with Crippen LogP contribution in [0.4, 0.5) is 0 Å². The summed E-state index contributed by atoms with van der Waals surface area (Å²) in [4.78, 5) is 17.2. The van der Waals surface area contributed by atoms with E-state index in [0.717, 1.165) is 42.0 Å². The number of carbonyl (C=O) groups is 2. The molecule has 5 N–H and O–H groups in total. The lowest BCUT2D eigenvalue weighted by Gasteiger charge is -2.68. The smallest absolute Gasteiger partial charge is 0.204 e. The Morgan fingerprint density at radius 2 is 1.30 bits per heavy atom. The molecule has 0 bridgehead atoms. The predicted molar refractivity (Wildman–Crippen MR) is 192 cm³/mol. The van der Waals surface area contributed by atoms with Crippen molar-refractivity contribution in [1.29, 1.82) is 0 Å². The average Bonchev–Trinajstić information content (AvgIpc) is 3.44. The van der Waals surface area contributed by atoms with Gasteiger partial charge in [0.15, 0.2) is 0 Å². The van der Waals surface area contributed by atoms with Gasteiger partial charge in [-0.2, -0.15) is 0 Å². The molecule has 9 unspecified atom stereocenters. The third kappa shape index (κ3) is 6.57. The number of primary amides is 2. The van der Waals surface area contributed by atoms with E-state index in [-0.39, 0.29) is 24.3 Å². The van der Waals surface area contributed by atoms with Crippen molar-refractivity contribution in [2.75, 3.05) is 0 Å². The summed E-state index contributed by atoms with van der Waals surface area (Å²) in [5.74, 6) is 4.21. The molecule has 0 aromatic heterocycles. The maximum Gasteiger partial charge on any atom is 0.204 e. The van der Waals surface area contributed by atoms with E-state index in [2.05, 4.69) is 81.6 Å². The first kappa shape index (κ1) is 35.7. The Balaban J connectivity index is 0.000000674. The molecule has 0 heterocycles. The minimum atomic E-state index is -0.123. The summed E-state index contributed by atoms with van der Waals surface area (Å²) in [5.41, 5.74) is 15.0. The predicted octanol–water partition coefficient (Wildman–Crippen LogP) is 6.64. The number of benzene rings is 2. The van der Waals surface area contributed by atoms with Gasteiger partial charge in [-0.15, -0.1) is 0 Å². The van der Waals surface area contributed by atoms with Crippen LogP contribution in [0.3, 0.4) is 0 Å². The molecular weight excluding hydrogens is 579 g/mol. The Labute approximate surface area is 285 Å². The van der Waals surface area contributed by atoms with Gasteiger partial charge >= 0.3 is 0 Å². The van der Waals surface area contributed by atoms with Gasteiger partial charge in [0.1, 0.15) is 7.85 Å². The Morgan fingerprint density at radius 1 is 0.723 bits per heavy atom. The molecule has 5 aliphatic rings. The molecule has 7 rings (SSSR count). The molecule has 5 saturated carbocycles. The third-order valence-corrected chi connectivity index (χ3v) is 14.6. The van der Waals surface area contributed by atoms with E-state index in [1.165, 1.54) is 81.8 Å². The molecule has 47 heavy (non-hydrogen) atoms. The standard InChI is InChI=1S/C39H53BO.2CH3NO/c1-36(2)34-16-15-30-31(38(34,4)19-17-35(36)41)13-14-32-33-12-7-18-39(33,21-20-37(30,32)3)25-28-10-5-8-26(23-28)22-27-9-6-11-29(40)24-27;2*2-1-3/h5-6,8-11,23-24,30-35,41H,7,12-22,25H2,1-4H3;2*1H,(H2,2,3). The lowest BCUT2D eigenvalue weighted by Crippen LogP contribution is -2.62. The monoisotopic (exact) mass is 638 g/mol. The number of rotatable bonds is 4. The maximum absolute atomic E-state index is 11.0. The number of aliphatic hydroxyl groups excluding tert-OH is 1. The van der Waals surface area contributed by atoms with E-state index >= 15 is 0 Å². The first-order valence-corrected chi connectivity index (χ1v) is 18.3. The van der Waals surface area contributed by atoms with E-state index in [0.29, 0.717) is 22.2 Å². The number of carbonyl (C=O) groups excluding carboxylic acids is 2. The number of aliphatic hydroxyl groups is 1.